The van der Waals surface area contributed by atoms with Crippen LogP contribution in [0.2, 0.25) is 0 Å². The van der Waals surface area contributed by atoms with Gasteiger partial charge in [0, 0.05) is 12.1 Å². The number of aromatic amines is 1. The molecule has 6 heteroatoms. The lowest BCUT2D eigenvalue weighted by molar-refractivity contribution is -0.116. The molecule has 128 valence electrons. The molecular weight excluding hydrogens is 334 g/mol. The molecule has 0 saturated heterocycles. The maximum atomic E-state index is 12.7. The molecule has 1 amide bonds. The minimum absolute atomic E-state index is 0.00319. The second-order valence-electron chi connectivity index (χ2n) is 5.86. The van der Waals surface area contributed by atoms with Crippen LogP contribution in [0.25, 0.3) is 10.9 Å². The van der Waals surface area contributed by atoms with Gasteiger partial charge in [-0.15, -0.1) is 0 Å². The van der Waals surface area contributed by atoms with Crippen molar-refractivity contribution < 1.29 is 4.79 Å². The van der Waals surface area contributed by atoms with E-state index >= 15 is 0 Å². The third-order valence-corrected chi connectivity index (χ3v) is 4.27. The smallest absolute Gasteiger partial charge is 0.262 e. The highest BCUT2D eigenvalue weighted by atomic mass is 32.1. The predicted octanol–water partition coefficient (Wildman–Crippen LogP) is 3.85. The average Bonchev–Trinajstić information content (AvgIpc) is 2.60. The molecule has 0 spiro atoms. The van der Waals surface area contributed by atoms with Gasteiger partial charge in [0.25, 0.3) is 5.56 Å². The van der Waals surface area contributed by atoms with Crippen molar-refractivity contribution in [1.29, 1.82) is 0 Å². The van der Waals surface area contributed by atoms with Crippen molar-refractivity contribution in [3.05, 3.63) is 69.2 Å². The number of nitrogens with zero attached hydrogens (tertiary/aromatic N) is 1. The number of hydrogen-bond donors (Lipinski definition) is 2. The van der Waals surface area contributed by atoms with E-state index in [2.05, 4.69) is 10.3 Å². The number of fused-ring (bicyclic) bond motifs is 1. The molecule has 3 aromatic rings. The van der Waals surface area contributed by atoms with Gasteiger partial charge in [0.05, 0.1) is 17.4 Å². The van der Waals surface area contributed by atoms with E-state index in [1.807, 2.05) is 49.4 Å². The summed E-state index contributed by atoms with van der Waals surface area (Å²) < 4.78 is 1.94. The highest BCUT2D eigenvalue weighted by molar-refractivity contribution is 7.71. The van der Waals surface area contributed by atoms with Crippen molar-refractivity contribution in [3.63, 3.8) is 0 Å². The molecule has 2 aromatic carbocycles. The Balaban J connectivity index is 1.85. The van der Waals surface area contributed by atoms with Crippen LogP contribution in [-0.2, 0) is 11.3 Å². The Bertz CT molecular complexity index is 1020. The van der Waals surface area contributed by atoms with Crippen molar-refractivity contribution in [1.82, 2.24) is 9.55 Å². The van der Waals surface area contributed by atoms with Gasteiger partial charge in [-0.05, 0) is 48.5 Å². The summed E-state index contributed by atoms with van der Waals surface area (Å²) in [4.78, 5) is 27.4. The fourth-order valence-electron chi connectivity index (χ4n) is 2.67. The first-order chi connectivity index (χ1) is 12.1. The normalized spacial score (nSPS) is 10.8. The zero-order chi connectivity index (χ0) is 17.8. The molecule has 25 heavy (non-hydrogen) atoms. The van der Waals surface area contributed by atoms with Crippen molar-refractivity contribution in [2.24, 2.45) is 0 Å². The molecule has 0 unspecified atom stereocenters. The first kappa shape index (κ1) is 17.1. The minimum Gasteiger partial charge on any atom is -0.332 e. The number of carbonyl (C=O) groups excluding carboxylic acids is 1. The first-order valence-corrected chi connectivity index (χ1v) is 8.60. The molecule has 0 radical (unpaired) electrons. The summed E-state index contributed by atoms with van der Waals surface area (Å²) in [6.45, 7) is 2.34. The van der Waals surface area contributed by atoms with Crippen LogP contribution in [0.5, 0.6) is 0 Å². The van der Waals surface area contributed by atoms with Crippen molar-refractivity contribution in [2.75, 3.05) is 5.32 Å². The summed E-state index contributed by atoms with van der Waals surface area (Å²) in [5.41, 5.74) is 2.31. The maximum Gasteiger partial charge on any atom is 0.262 e. The molecule has 3 rings (SSSR count). The van der Waals surface area contributed by atoms with Crippen LogP contribution < -0.4 is 10.9 Å². The van der Waals surface area contributed by atoms with E-state index in [1.165, 1.54) is 0 Å². The number of aromatic nitrogens is 2. The van der Waals surface area contributed by atoms with Crippen LogP contribution in [0.4, 0.5) is 5.69 Å². The quantitative estimate of drug-likeness (QED) is 0.685. The number of carbonyl (C=O) groups is 1. The van der Waals surface area contributed by atoms with E-state index in [9.17, 15) is 9.59 Å². The predicted molar refractivity (Wildman–Crippen MR) is 102 cm³/mol. The molecule has 0 aliphatic heterocycles. The molecule has 2 N–H and O–H groups in total. The lowest BCUT2D eigenvalue weighted by atomic mass is 10.2. The molecule has 0 fully saturated rings. The third kappa shape index (κ3) is 3.85. The van der Waals surface area contributed by atoms with Gasteiger partial charge in [-0.3, -0.25) is 14.2 Å². The molecule has 1 aromatic heterocycles. The Kier molecular flexibility index (Phi) is 5.09. The lowest BCUT2D eigenvalue weighted by Gasteiger charge is -2.09. The summed E-state index contributed by atoms with van der Waals surface area (Å²) in [6.07, 6.45) is 1.32. The van der Waals surface area contributed by atoms with Crippen molar-refractivity contribution in [3.8, 4) is 0 Å². The molecule has 5 nitrogen and oxygen atoms in total. The maximum absolute atomic E-state index is 12.7. The van der Waals surface area contributed by atoms with Gasteiger partial charge in [0.15, 0.2) is 4.77 Å². The van der Waals surface area contributed by atoms with Crippen molar-refractivity contribution in [2.45, 2.75) is 26.3 Å². The topological polar surface area (TPSA) is 66.9 Å². The van der Waals surface area contributed by atoms with Crippen LogP contribution in [-0.4, -0.2) is 15.5 Å². The van der Waals surface area contributed by atoms with Crippen molar-refractivity contribution >= 4 is 34.7 Å². The largest absolute Gasteiger partial charge is 0.332 e. The first-order valence-electron chi connectivity index (χ1n) is 8.19. The van der Waals surface area contributed by atoms with Crippen LogP contribution in [0.15, 0.2) is 53.3 Å². The number of rotatable bonds is 5. The van der Waals surface area contributed by atoms with Crippen LogP contribution >= 0.6 is 12.2 Å². The number of benzene rings is 2. The Morgan fingerprint density at radius 3 is 2.60 bits per heavy atom. The van der Waals surface area contributed by atoms with Crippen LogP contribution in [0, 0.1) is 4.77 Å². The van der Waals surface area contributed by atoms with Gasteiger partial charge in [-0.1, -0.05) is 31.2 Å². The number of hydrogen-bond acceptors (Lipinski definition) is 3. The summed E-state index contributed by atoms with van der Waals surface area (Å²) in [6, 6.07) is 14.8. The summed E-state index contributed by atoms with van der Waals surface area (Å²) in [5.74, 6) is 0.00319. The van der Waals surface area contributed by atoms with Crippen LogP contribution in [0.3, 0.4) is 0 Å². The Morgan fingerprint density at radius 1 is 1.16 bits per heavy atom. The SMILES string of the molecule is CCCC(=O)Nc1ccc(Cn2c(=S)[nH]c3ccccc3c2=O)cc1. The number of H-pyrrole nitrogens is 1. The van der Waals surface area contributed by atoms with E-state index in [0.717, 1.165) is 23.2 Å². The fraction of sp³-hybridized carbons (Fsp3) is 0.211. The van der Waals surface area contributed by atoms with Crippen LogP contribution in [0.1, 0.15) is 25.3 Å². The molecule has 0 saturated carbocycles. The Hall–Kier alpha value is -2.73. The standard InChI is InChI=1S/C19H19N3O2S/c1-2-5-17(23)20-14-10-8-13(9-11-14)12-22-18(24)15-6-3-4-7-16(15)21-19(22)25/h3-4,6-11H,2,5,12H2,1H3,(H,20,23)(H,21,25). The number of nitrogens with one attached hydrogen (secondary N) is 2. The lowest BCUT2D eigenvalue weighted by Crippen LogP contribution is -2.22. The van der Waals surface area contributed by atoms with E-state index in [1.54, 1.807) is 10.6 Å². The van der Waals surface area contributed by atoms with E-state index in [-0.39, 0.29) is 11.5 Å². The molecule has 0 aliphatic carbocycles. The highest BCUT2D eigenvalue weighted by Crippen LogP contribution is 2.12. The zero-order valence-corrected chi connectivity index (χ0v) is 14.7. The number of amides is 1. The Morgan fingerprint density at radius 2 is 1.88 bits per heavy atom. The fourth-order valence-corrected chi connectivity index (χ4v) is 2.93. The van der Waals surface area contributed by atoms with Gasteiger partial charge in [0.1, 0.15) is 0 Å². The van der Waals surface area contributed by atoms with E-state index in [4.69, 9.17) is 12.2 Å². The van der Waals surface area contributed by atoms with Gasteiger partial charge in [-0.25, -0.2) is 0 Å². The van der Waals surface area contributed by atoms with Gasteiger partial charge in [-0.2, -0.15) is 0 Å². The second-order valence-corrected chi connectivity index (χ2v) is 6.25. The molecule has 0 atom stereocenters. The summed E-state index contributed by atoms with van der Waals surface area (Å²) in [7, 11) is 0. The van der Waals surface area contributed by atoms with E-state index in [0.29, 0.717) is 23.1 Å². The van der Waals surface area contributed by atoms with Gasteiger partial charge >= 0.3 is 0 Å². The molecule has 1 heterocycles. The third-order valence-electron chi connectivity index (χ3n) is 3.94. The molecule has 0 aliphatic rings. The van der Waals surface area contributed by atoms with Gasteiger partial charge in [0.2, 0.25) is 5.91 Å². The zero-order valence-electron chi connectivity index (χ0n) is 13.9. The Labute approximate surface area is 150 Å². The summed E-state index contributed by atoms with van der Waals surface area (Å²) in [5, 5.41) is 3.46. The highest BCUT2D eigenvalue weighted by Gasteiger charge is 2.06. The summed E-state index contributed by atoms with van der Waals surface area (Å²) >= 11 is 5.33. The van der Waals surface area contributed by atoms with E-state index < -0.39 is 0 Å². The average molecular weight is 353 g/mol. The monoisotopic (exact) mass is 353 g/mol. The number of anilines is 1. The second kappa shape index (κ2) is 7.44. The van der Waals surface area contributed by atoms with Gasteiger partial charge < -0.3 is 10.3 Å². The number of para-hydroxylation sites is 1. The molecular formula is C19H19N3O2S. The molecule has 0 bridgehead atoms. The minimum atomic E-state index is -0.111.